The number of hydrogen-bond acceptors (Lipinski definition) is 2. The molecule has 0 radical (unpaired) electrons. The van der Waals surface area contributed by atoms with Crippen LogP contribution in [0.15, 0.2) is 11.3 Å². The smallest absolute Gasteiger partial charge is 0.200 e. The fraction of sp³-hybridized carbons (Fsp3) is 0.700. The molecular formula is C10H14O2. The molecule has 0 saturated carbocycles. The molecule has 0 aromatic rings. The maximum absolute atomic E-state index is 11.6. The van der Waals surface area contributed by atoms with Gasteiger partial charge in [0, 0.05) is 5.92 Å². The first-order valence-electron chi connectivity index (χ1n) is 4.72. The minimum atomic E-state index is 0.230. The number of Topliss-reactive ketones (excluding diaryl/α,β-unsaturated/α-hetero) is 1. The van der Waals surface area contributed by atoms with Crippen molar-refractivity contribution in [1.82, 2.24) is 0 Å². The Labute approximate surface area is 72.6 Å². The minimum Gasteiger partial charge on any atom is -0.490 e. The zero-order valence-corrected chi connectivity index (χ0v) is 7.43. The molecule has 0 N–H and O–H groups in total. The maximum Gasteiger partial charge on any atom is 0.200 e. The van der Waals surface area contributed by atoms with E-state index in [2.05, 4.69) is 6.92 Å². The highest BCUT2D eigenvalue weighted by atomic mass is 16.5. The highest BCUT2D eigenvalue weighted by molar-refractivity contribution is 5.98. The molecule has 1 atom stereocenters. The van der Waals surface area contributed by atoms with Gasteiger partial charge in [0.25, 0.3) is 0 Å². The molecule has 0 fully saturated rings. The summed E-state index contributed by atoms with van der Waals surface area (Å²) in [7, 11) is 0. The van der Waals surface area contributed by atoms with Crippen LogP contribution in [0.4, 0.5) is 0 Å². The van der Waals surface area contributed by atoms with Gasteiger partial charge in [-0.2, -0.15) is 0 Å². The van der Waals surface area contributed by atoms with Gasteiger partial charge in [-0.3, -0.25) is 4.79 Å². The van der Waals surface area contributed by atoms with Crippen LogP contribution in [0.3, 0.4) is 0 Å². The topological polar surface area (TPSA) is 26.3 Å². The molecule has 2 rings (SSSR count). The zero-order chi connectivity index (χ0) is 8.55. The van der Waals surface area contributed by atoms with Crippen LogP contribution in [0.2, 0.25) is 0 Å². The average Bonchev–Trinajstić information content (AvgIpc) is 2.44. The summed E-state index contributed by atoms with van der Waals surface area (Å²) in [5.74, 6) is 1.20. The van der Waals surface area contributed by atoms with Crippen LogP contribution < -0.4 is 0 Å². The quantitative estimate of drug-likeness (QED) is 0.596. The van der Waals surface area contributed by atoms with Gasteiger partial charge in [0.15, 0.2) is 5.76 Å². The van der Waals surface area contributed by atoms with E-state index < -0.39 is 0 Å². The number of rotatable bonds is 1. The van der Waals surface area contributed by atoms with Gasteiger partial charge in [0.1, 0.15) is 0 Å². The molecule has 0 spiro atoms. The molecule has 0 saturated heterocycles. The van der Waals surface area contributed by atoms with E-state index in [9.17, 15) is 4.79 Å². The van der Waals surface area contributed by atoms with Crippen molar-refractivity contribution < 1.29 is 9.53 Å². The molecule has 2 aliphatic rings. The summed E-state index contributed by atoms with van der Waals surface area (Å²) in [6.45, 7) is 2.81. The molecule has 0 aromatic carbocycles. The van der Waals surface area contributed by atoms with Crippen molar-refractivity contribution in [1.29, 1.82) is 0 Å². The second-order valence-electron chi connectivity index (χ2n) is 3.56. The van der Waals surface area contributed by atoms with E-state index in [-0.39, 0.29) is 11.7 Å². The summed E-state index contributed by atoms with van der Waals surface area (Å²) in [4.78, 5) is 11.6. The second kappa shape index (κ2) is 2.92. The molecule has 0 aromatic heterocycles. The van der Waals surface area contributed by atoms with Crippen molar-refractivity contribution in [3.8, 4) is 0 Å². The Balaban J connectivity index is 2.20. The van der Waals surface area contributed by atoms with E-state index in [1.165, 1.54) is 5.57 Å². The molecule has 0 unspecified atom stereocenters. The Morgan fingerprint density at radius 3 is 3.08 bits per heavy atom. The van der Waals surface area contributed by atoms with Crippen molar-refractivity contribution in [2.24, 2.45) is 5.92 Å². The van der Waals surface area contributed by atoms with E-state index in [4.69, 9.17) is 4.74 Å². The van der Waals surface area contributed by atoms with Gasteiger partial charge < -0.3 is 4.74 Å². The lowest BCUT2D eigenvalue weighted by Crippen LogP contribution is -2.12. The first kappa shape index (κ1) is 7.84. The third-order valence-electron chi connectivity index (χ3n) is 2.77. The van der Waals surface area contributed by atoms with Crippen molar-refractivity contribution in [3.63, 3.8) is 0 Å². The predicted molar refractivity (Wildman–Crippen MR) is 45.6 cm³/mol. The van der Waals surface area contributed by atoms with Crippen LogP contribution in [0.25, 0.3) is 0 Å². The lowest BCUT2D eigenvalue weighted by atomic mass is 10.0. The fourth-order valence-corrected chi connectivity index (χ4v) is 2.02. The van der Waals surface area contributed by atoms with Gasteiger partial charge in [-0.15, -0.1) is 0 Å². The Morgan fingerprint density at radius 1 is 1.58 bits per heavy atom. The Hall–Kier alpha value is -0.790. The van der Waals surface area contributed by atoms with Crippen LogP contribution in [0.5, 0.6) is 0 Å². The third-order valence-corrected chi connectivity index (χ3v) is 2.77. The molecule has 0 amide bonds. The van der Waals surface area contributed by atoms with Crippen molar-refractivity contribution >= 4 is 5.78 Å². The van der Waals surface area contributed by atoms with Gasteiger partial charge in [-0.1, -0.05) is 6.92 Å². The first-order chi connectivity index (χ1) is 5.83. The summed E-state index contributed by atoms with van der Waals surface area (Å²) in [6, 6.07) is 0. The second-order valence-corrected chi connectivity index (χ2v) is 3.56. The number of hydrogen-bond donors (Lipinski definition) is 0. The normalized spacial score (nSPS) is 28.8. The summed E-state index contributed by atoms with van der Waals surface area (Å²) in [5.41, 5.74) is 1.28. The van der Waals surface area contributed by atoms with Gasteiger partial charge in [-0.05, 0) is 31.3 Å². The molecule has 1 aliphatic heterocycles. The number of allylic oxidation sites excluding steroid dienone is 2. The van der Waals surface area contributed by atoms with Gasteiger partial charge in [0.2, 0.25) is 5.78 Å². The Morgan fingerprint density at radius 2 is 2.42 bits per heavy atom. The maximum atomic E-state index is 11.6. The highest BCUT2D eigenvalue weighted by Gasteiger charge is 2.34. The van der Waals surface area contributed by atoms with Gasteiger partial charge in [0.05, 0.1) is 6.61 Å². The molecule has 1 aliphatic carbocycles. The summed E-state index contributed by atoms with van der Waals surface area (Å²) in [5, 5.41) is 0. The average molecular weight is 166 g/mol. The SMILES string of the molecule is CC[C@@H]1CC2=C(OCCC2)C1=O. The molecule has 2 heteroatoms. The predicted octanol–water partition coefficient (Wildman–Crippen LogP) is 2.05. The molecular weight excluding hydrogens is 152 g/mol. The first-order valence-corrected chi connectivity index (χ1v) is 4.72. The summed E-state index contributed by atoms with van der Waals surface area (Å²) < 4.78 is 5.38. The minimum absolute atomic E-state index is 0.230. The summed E-state index contributed by atoms with van der Waals surface area (Å²) in [6.07, 6.45) is 4.08. The standard InChI is InChI=1S/C10H14O2/c1-2-7-6-8-4-3-5-12-10(8)9(7)11/h7H,2-6H2,1H3/t7-/m1/s1. The number of ketones is 1. The van der Waals surface area contributed by atoms with E-state index in [1.807, 2.05) is 0 Å². The lowest BCUT2D eigenvalue weighted by Gasteiger charge is -2.13. The molecule has 12 heavy (non-hydrogen) atoms. The molecule has 1 heterocycles. The fourth-order valence-electron chi connectivity index (χ4n) is 2.02. The molecule has 2 nitrogen and oxygen atoms in total. The van der Waals surface area contributed by atoms with Gasteiger partial charge in [-0.25, -0.2) is 0 Å². The third kappa shape index (κ3) is 1.06. The monoisotopic (exact) mass is 166 g/mol. The van der Waals surface area contributed by atoms with Crippen LogP contribution in [-0.2, 0) is 9.53 Å². The van der Waals surface area contributed by atoms with E-state index in [0.29, 0.717) is 5.76 Å². The van der Waals surface area contributed by atoms with Crippen molar-refractivity contribution in [2.45, 2.75) is 32.6 Å². The van der Waals surface area contributed by atoms with Crippen molar-refractivity contribution in [3.05, 3.63) is 11.3 Å². The zero-order valence-electron chi connectivity index (χ0n) is 7.43. The van der Waals surface area contributed by atoms with E-state index >= 15 is 0 Å². The number of carbonyl (C=O) groups excluding carboxylic acids is 1. The van der Waals surface area contributed by atoms with Crippen LogP contribution in [0, 0.1) is 5.92 Å². The Bertz CT molecular complexity index is 240. The van der Waals surface area contributed by atoms with Crippen LogP contribution in [-0.4, -0.2) is 12.4 Å². The summed E-state index contributed by atoms with van der Waals surface area (Å²) >= 11 is 0. The van der Waals surface area contributed by atoms with E-state index in [0.717, 1.165) is 32.3 Å². The molecule has 66 valence electrons. The molecule has 0 bridgehead atoms. The Kier molecular flexibility index (Phi) is 1.91. The number of carbonyl (C=O) groups is 1. The lowest BCUT2D eigenvalue weighted by molar-refractivity contribution is -0.121. The van der Waals surface area contributed by atoms with Gasteiger partial charge >= 0.3 is 0 Å². The van der Waals surface area contributed by atoms with Crippen LogP contribution in [0.1, 0.15) is 32.6 Å². The highest BCUT2D eigenvalue weighted by Crippen LogP contribution is 2.35. The van der Waals surface area contributed by atoms with E-state index in [1.54, 1.807) is 0 Å². The largest absolute Gasteiger partial charge is 0.490 e. The van der Waals surface area contributed by atoms with Crippen LogP contribution >= 0.6 is 0 Å². The van der Waals surface area contributed by atoms with Crippen molar-refractivity contribution in [2.75, 3.05) is 6.61 Å². The number of ether oxygens (including phenoxy) is 1.